The molecule has 0 fully saturated rings. The number of esters is 1. The highest BCUT2D eigenvalue weighted by molar-refractivity contribution is 5.98. The van der Waals surface area contributed by atoms with E-state index in [1.165, 1.54) is 19.1 Å². The Balaban J connectivity index is 2.77. The monoisotopic (exact) mass is 274 g/mol. The molecule has 1 aromatic carbocycles. The number of aromatic hydroxyl groups is 1. The summed E-state index contributed by atoms with van der Waals surface area (Å²) in [5.41, 5.74) is -1.55. The lowest BCUT2D eigenvalue weighted by molar-refractivity contribution is -0.137. The van der Waals surface area contributed by atoms with E-state index in [9.17, 15) is 23.1 Å². The van der Waals surface area contributed by atoms with E-state index in [1.807, 2.05) is 0 Å². The zero-order valence-corrected chi connectivity index (χ0v) is 9.75. The van der Waals surface area contributed by atoms with Crippen molar-refractivity contribution in [3.63, 3.8) is 0 Å². The van der Waals surface area contributed by atoms with Crippen molar-refractivity contribution in [1.82, 2.24) is 0 Å². The highest BCUT2D eigenvalue weighted by atomic mass is 19.4. The largest absolute Gasteiger partial charge is 0.507 e. The molecular weight excluding hydrogens is 265 g/mol. The molecule has 1 aromatic heterocycles. The molecule has 4 nitrogen and oxygen atoms in total. The van der Waals surface area contributed by atoms with Gasteiger partial charge in [-0.05, 0) is 19.1 Å². The van der Waals surface area contributed by atoms with E-state index in [2.05, 4.69) is 4.74 Å². The van der Waals surface area contributed by atoms with E-state index in [0.29, 0.717) is 0 Å². The number of fused-ring (bicyclic) bond motifs is 1. The molecule has 2 aromatic rings. The molecule has 0 saturated heterocycles. The van der Waals surface area contributed by atoms with E-state index >= 15 is 0 Å². The summed E-state index contributed by atoms with van der Waals surface area (Å²) >= 11 is 0. The Morgan fingerprint density at radius 3 is 2.68 bits per heavy atom. The Morgan fingerprint density at radius 1 is 1.42 bits per heavy atom. The summed E-state index contributed by atoms with van der Waals surface area (Å²) in [6.45, 7) is 1.38. The normalized spacial score (nSPS) is 11.8. The van der Waals surface area contributed by atoms with E-state index in [4.69, 9.17) is 4.42 Å². The lowest BCUT2D eigenvalue weighted by atomic mass is 10.1. The highest BCUT2D eigenvalue weighted by Gasteiger charge is 2.42. The summed E-state index contributed by atoms with van der Waals surface area (Å²) in [4.78, 5) is 11.5. The van der Waals surface area contributed by atoms with Crippen LogP contribution in [0.3, 0.4) is 0 Å². The number of rotatable bonds is 2. The van der Waals surface area contributed by atoms with Crippen molar-refractivity contribution >= 4 is 16.9 Å². The quantitative estimate of drug-likeness (QED) is 0.853. The first-order chi connectivity index (χ1) is 8.86. The van der Waals surface area contributed by atoms with Gasteiger partial charge in [-0.25, -0.2) is 4.79 Å². The molecule has 0 spiro atoms. The van der Waals surface area contributed by atoms with Crippen molar-refractivity contribution in [2.24, 2.45) is 0 Å². The minimum Gasteiger partial charge on any atom is -0.507 e. The summed E-state index contributed by atoms with van der Waals surface area (Å²) in [6, 6.07) is 3.63. The summed E-state index contributed by atoms with van der Waals surface area (Å²) in [7, 11) is 0. The maximum atomic E-state index is 13.0. The predicted molar refractivity (Wildman–Crippen MR) is 58.8 cm³/mol. The van der Waals surface area contributed by atoms with Crippen LogP contribution >= 0.6 is 0 Å². The van der Waals surface area contributed by atoms with Gasteiger partial charge < -0.3 is 14.3 Å². The van der Waals surface area contributed by atoms with Gasteiger partial charge in [0.25, 0.3) is 0 Å². The molecule has 1 N–H and O–H groups in total. The van der Waals surface area contributed by atoms with Crippen LogP contribution in [0.15, 0.2) is 22.6 Å². The molecule has 1 heterocycles. The van der Waals surface area contributed by atoms with Crippen LogP contribution in [0.1, 0.15) is 23.0 Å². The molecule has 0 aliphatic carbocycles. The lowest BCUT2D eigenvalue weighted by Crippen LogP contribution is -2.13. The van der Waals surface area contributed by atoms with Gasteiger partial charge in [0.2, 0.25) is 5.76 Å². The zero-order valence-electron chi connectivity index (χ0n) is 9.75. The molecule has 0 unspecified atom stereocenters. The van der Waals surface area contributed by atoms with E-state index in [-0.39, 0.29) is 12.2 Å². The SMILES string of the molecule is CCOC(=O)c1oc2cccc(O)c2c1C(F)(F)F. The molecule has 0 atom stereocenters. The third kappa shape index (κ3) is 2.23. The number of benzene rings is 1. The van der Waals surface area contributed by atoms with Crippen LogP contribution in [0.2, 0.25) is 0 Å². The van der Waals surface area contributed by atoms with Crippen LogP contribution in [0.4, 0.5) is 13.2 Å². The molecular formula is C12H9F3O4. The Kier molecular flexibility index (Phi) is 3.13. The Morgan fingerprint density at radius 2 is 2.11 bits per heavy atom. The topological polar surface area (TPSA) is 59.7 Å². The Hall–Kier alpha value is -2.18. The van der Waals surface area contributed by atoms with Gasteiger partial charge >= 0.3 is 12.1 Å². The third-order valence-corrected chi connectivity index (χ3v) is 2.44. The van der Waals surface area contributed by atoms with Crippen LogP contribution in [-0.2, 0) is 10.9 Å². The summed E-state index contributed by atoms with van der Waals surface area (Å²) in [5.74, 6) is -2.78. The number of hydrogen-bond acceptors (Lipinski definition) is 4. The number of alkyl halides is 3. The van der Waals surface area contributed by atoms with Gasteiger partial charge in [0.05, 0.1) is 12.0 Å². The minimum absolute atomic E-state index is 0.0842. The first-order valence-corrected chi connectivity index (χ1v) is 5.35. The number of hydrogen-bond donors (Lipinski definition) is 1. The maximum absolute atomic E-state index is 13.0. The number of ether oxygens (including phenoxy) is 1. The van der Waals surface area contributed by atoms with Gasteiger partial charge in [-0.15, -0.1) is 0 Å². The van der Waals surface area contributed by atoms with Crippen molar-refractivity contribution < 1.29 is 32.2 Å². The van der Waals surface area contributed by atoms with Crippen molar-refractivity contribution in [1.29, 1.82) is 0 Å². The average Bonchev–Trinajstić information content (AvgIpc) is 2.69. The van der Waals surface area contributed by atoms with Crippen LogP contribution in [0.25, 0.3) is 11.0 Å². The van der Waals surface area contributed by atoms with Gasteiger partial charge in [-0.2, -0.15) is 13.2 Å². The standard InChI is InChI=1S/C12H9F3O4/c1-2-18-11(17)10-9(12(13,14)15)8-6(16)4-3-5-7(8)19-10/h3-5,16H,2H2,1H3. The van der Waals surface area contributed by atoms with E-state index in [1.54, 1.807) is 0 Å². The second kappa shape index (κ2) is 4.49. The Labute approximate surface area is 105 Å². The fourth-order valence-corrected chi connectivity index (χ4v) is 1.74. The van der Waals surface area contributed by atoms with Crippen LogP contribution in [-0.4, -0.2) is 17.7 Å². The maximum Gasteiger partial charge on any atom is 0.421 e. The predicted octanol–water partition coefficient (Wildman–Crippen LogP) is 3.33. The van der Waals surface area contributed by atoms with Gasteiger partial charge in [0, 0.05) is 0 Å². The van der Waals surface area contributed by atoms with Gasteiger partial charge in [0.1, 0.15) is 16.9 Å². The molecule has 2 rings (SSSR count). The first kappa shape index (κ1) is 13.3. The first-order valence-electron chi connectivity index (χ1n) is 5.35. The van der Waals surface area contributed by atoms with Crippen LogP contribution < -0.4 is 0 Å². The zero-order chi connectivity index (χ0) is 14.2. The fourth-order valence-electron chi connectivity index (χ4n) is 1.74. The number of furan rings is 1. The summed E-state index contributed by atoms with van der Waals surface area (Å²) in [6.07, 6.45) is -4.84. The van der Waals surface area contributed by atoms with E-state index < -0.39 is 34.6 Å². The molecule has 19 heavy (non-hydrogen) atoms. The van der Waals surface area contributed by atoms with Crippen molar-refractivity contribution in [2.75, 3.05) is 6.61 Å². The molecule has 0 aliphatic heterocycles. The molecule has 102 valence electrons. The van der Waals surface area contributed by atoms with Gasteiger partial charge in [-0.3, -0.25) is 0 Å². The molecule has 0 saturated carbocycles. The van der Waals surface area contributed by atoms with Gasteiger partial charge in [-0.1, -0.05) is 6.07 Å². The van der Waals surface area contributed by atoms with Crippen LogP contribution in [0, 0.1) is 0 Å². The van der Waals surface area contributed by atoms with Gasteiger partial charge in [0.15, 0.2) is 0 Å². The molecule has 7 heteroatoms. The number of halogens is 3. The second-order valence-electron chi connectivity index (χ2n) is 3.67. The van der Waals surface area contributed by atoms with Crippen molar-refractivity contribution in [2.45, 2.75) is 13.1 Å². The number of phenols is 1. The summed E-state index contributed by atoms with van der Waals surface area (Å²) in [5, 5.41) is 8.98. The smallest absolute Gasteiger partial charge is 0.421 e. The second-order valence-corrected chi connectivity index (χ2v) is 3.67. The molecule has 0 amide bonds. The van der Waals surface area contributed by atoms with E-state index in [0.717, 1.165) is 6.07 Å². The minimum atomic E-state index is -4.84. The fraction of sp³-hybridized carbons (Fsp3) is 0.250. The average molecular weight is 274 g/mol. The van der Waals surface area contributed by atoms with Crippen molar-refractivity contribution in [3.05, 3.63) is 29.5 Å². The van der Waals surface area contributed by atoms with Crippen LogP contribution in [0.5, 0.6) is 5.75 Å². The number of phenolic OH excluding ortho intramolecular Hbond substituents is 1. The Bertz CT molecular complexity index is 628. The molecule has 0 bridgehead atoms. The highest BCUT2D eigenvalue weighted by Crippen LogP contribution is 2.42. The summed E-state index contributed by atoms with van der Waals surface area (Å²) < 4.78 is 48.4. The lowest BCUT2D eigenvalue weighted by Gasteiger charge is -2.07. The third-order valence-electron chi connectivity index (χ3n) is 2.44. The number of carbonyl (C=O) groups is 1. The van der Waals surface area contributed by atoms with Crippen molar-refractivity contribution in [3.8, 4) is 5.75 Å². The molecule has 0 aliphatic rings. The number of carbonyl (C=O) groups excluding carboxylic acids is 1. The molecule has 0 radical (unpaired) electrons.